The molecule has 0 aromatic heterocycles. The lowest BCUT2D eigenvalue weighted by atomic mass is 9.94. The van der Waals surface area contributed by atoms with Crippen LogP contribution >= 0.6 is 0 Å². The first kappa shape index (κ1) is 14.9. The van der Waals surface area contributed by atoms with Crippen molar-refractivity contribution in [2.45, 2.75) is 38.1 Å². The second kappa shape index (κ2) is 6.75. The molecule has 1 saturated carbocycles. The number of nitrogens with two attached hydrogens (primary N) is 1. The molecule has 0 saturated heterocycles. The van der Waals surface area contributed by atoms with Gasteiger partial charge in [0.2, 0.25) is 5.91 Å². The van der Waals surface area contributed by atoms with Gasteiger partial charge in [-0.2, -0.15) is 0 Å². The van der Waals surface area contributed by atoms with Gasteiger partial charge in [0.1, 0.15) is 0 Å². The summed E-state index contributed by atoms with van der Waals surface area (Å²) in [7, 11) is 3.95. The summed E-state index contributed by atoms with van der Waals surface area (Å²) in [5, 5.41) is 3.06. The number of para-hydroxylation sites is 2. The number of nitrogens with zero attached hydrogens (tertiary/aromatic N) is 1. The summed E-state index contributed by atoms with van der Waals surface area (Å²) in [5.74, 6) is 0.00131. The van der Waals surface area contributed by atoms with Crippen LogP contribution in [-0.2, 0) is 4.79 Å². The van der Waals surface area contributed by atoms with Gasteiger partial charge in [0, 0.05) is 20.1 Å². The van der Waals surface area contributed by atoms with Crippen molar-refractivity contribution in [1.82, 2.24) is 0 Å². The minimum Gasteiger partial charge on any atom is -0.376 e. The minimum absolute atomic E-state index is 0.0102. The molecule has 2 rings (SSSR count). The molecule has 1 aromatic rings. The molecule has 1 aliphatic carbocycles. The van der Waals surface area contributed by atoms with Crippen LogP contribution in [-0.4, -0.2) is 26.0 Å². The normalized spacial score (nSPS) is 22.9. The minimum atomic E-state index is -0.0623. The molecule has 1 aliphatic rings. The Bertz CT molecular complexity index is 459. The monoisotopic (exact) mass is 275 g/mol. The van der Waals surface area contributed by atoms with E-state index >= 15 is 0 Å². The van der Waals surface area contributed by atoms with Crippen molar-refractivity contribution in [3.63, 3.8) is 0 Å². The first-order valence-electron chi connectivity index (χ1n) is 7.42. The lowest BCUT2D eigenvalue weighted by Crippen LogP contribution is -2.38. The quantitative estimate of drug-likeness (QED) is 0.834. The van der Waals surface area contributed by atoms with E-state index in [2.05, 4.69) is 5.32 Å². The van der Waals surface area contributed by atoms with E-state index in [-0.39, 0.29) is 17.9 Å². The molecule has 1 aromatic carbocycles. The van der Waals surface area contributed by atoms with E-state index in [4.69, 9.17) is 5.73 Å². The van der Waals surface area contributed by atoms with Crippen molar-refractivity contribution < 1.29 is 4.79 Å². The first-order valence-corrected chi connectivity index (χ1v) is 7.42. The van der Waals surface area contributed by atoms with Crippen molar-refractivity contribution >= 4 is 17.3 Å². The molecule has 4 nitrogen and oxygen atoms in total. The third-order valence-electron chi connectivity index (χ3n) is 4.05. The highest BCUT2D eigenvalue weighted by molar-refractivity contribution is 5.96. The molecule has 20 heavy (non-hydrogen) atoms. The van der Waals surface area contributed by atoms with Gasteiger partial charge in [-0.1, -0.05) is 31.4 Å². The lowest BCUT2D eigenvalue weighted by Gasteiger charge is -2.23. The van der Waals surface area contributed by atoms with Gasteiger partial charge in [0.15, 0.2) is 0 Å². The van der Waals surface area contributed by atoms with Gasteiger partial charge in [0.05, 0.1) is 17.3 Å². The standard InChI is InChI=1S/C16H25N3O/c1-19(2)15-11-7-6-10-14(15)18-16(20)12-8-4-3-5-9-13(12)17/h6-7,10-13H,3-5,8-9,17H2,1-2H3,(H,18,20). The van der Waals surface area contributed by atoms with Gasteiger partial charge in [-0.3, -0.25) is 4.79 Å². The Morgan fingerprint density at radius 1 is 1.20 bits per heavy atom. The predicted molar refractivity (Wildman–Crippen MR) is 83.9 cm³/mol. The average molecular weight is 275 g/mol. The molecular weight excluding hydrogens is 250 g/mol. The van der Waals surface area contributed by atoms with Crippen molar-refractivity contribution in [2.24, 2.45) is 11.7 Å². The van der Waals surface area contributed by atoms with E-state index in [1.54, 1.807) is 0 Å². The average Bonchev–Trinajstić information content (AvgIpc) is 2.63. The number of hydrogen-bond donors (Lipinski definition) is 2. The highest BCUT2D eigenvalue weighted by Crippen LogP contribution is 2.27. The van der Waals surface area contributed by atoms with Crippen LogP contribution in [0.2, 0.25) is 0 Å². The van der Waals surface area contributed by atoms with Crippen LogP contribution in [0.25, 0.3) is 0 Å². The number of amides is 1. The summed E-state index contributed by atoms with van der Waals surface area (Å²) in [6, 6.07) is 7.85. The summed E-state index contributed by atoms with van der Waals surface area (Å²) in [6.45, 7) is 0. The molecule has 2 atom stereocenters. The number of rotatable bonds is 3. The van der Waals surface area contributed by atoms with Crippen LogP contribution in [0.4, 0.5) is 11.4 Å². The van der Waals surface area contributed by atoms with E-state index < -0.39 is 0 Å². The predicted octanol–water partition coefficient (Wildman–Crippen LogP) is 2.60. The number of benzene rings is 1. The number of carbonyl (C=O) groups excluding carboxylic acids is 1. The van der Waals surface area contributed by atoms with Crippen LogP contribution in [0.5, 0.6) is 0 Å². The summed E-state index contributed by atoms with van der Waals surface area (Å²) in [5.41, 5.74) is 8.04. The fraction of sp³-hybridized carbons (Fsp3) is 0.562. The molecular formula is C16H25N3O. The van der Waals surface area contributed by atoms with Crippen LogP contribution in [0.1, 0.15) is 32.1 Å². The Morgan fingerprint density at radius 3 is 2.65 bits per heavy atom. The molecule has 0 heterocycles. The topological polar surface area (TPSA) is 58.4 Å². The molecule has 0 spiro atoms. The van der Waals surface area contributed by atoms with Gasteiger partial charge in [0.25, 0.3) is 0 Å². The molecule has 0 bridgehead atoms. The summed E-state index contributed by atoms with van der Waals surface area (Å²) in [6.07, 6.45) is 5.27. The number of carbonyl (C=O) groups is 1. The highest BCUT2D eigenvalue weighted by atomic mass is 16.1. The van der Waals surface area contributed by atoms with Crippen molar-refractivity contribution in [3.8, 4) is 0 Å². The van der Waals surface area contributed by atoms with Crippen LogP contribution < -0.4 is 16.0 Å². The van der Waals surface area contributed by atoms with Gasteiger partial charge in [-0.25, -0.2) is 0 Å². The molecule has 110 valence electrons. The Kier molecular flexibility index (Phi) is 5.01. The lowest BCUT2D eigenvalue weighted by molar-refractivity contribution is -0.120. The Morgan fingerprint density at radius 2 is 1.90 bits per heavy atom. The maximum absolute atomic E-state index is 12.5. The van der Waals surface area contributed by atoms with Crippen LogP contribution in [0.15, 0.2) is 24.3 Å². The Hall–Kier alpha value is -1.55. The van der Waals surface area contributed by atoms with Gasteiger partial charge < -0.3 is 16.0 Å². The maximum Gasteiger partial charge on any atom is 0.229 e. The largest absolute Gasteiger partial charge is 0.376 e. The molecule has 1 fully saturated rings. The third kappa shape index (κ3) is 3.51. The fourth-order valence-corrected chi connectivity index (χ4v) is 2.86. The highest BCUT2D eigenvalue weighted by Gasteiger charge is 2.27. The van der Waals surface area contributed by atoms with E-state index in [0.717, 1.165) is 37.1 Å². The van der Waals surface area contributed by atoms with E-state index in [1.165, 1.54) is 6.42 Å². The van der Waals surface area contributed by atoms with Crippen molar-refractivity contribution in [1.29, 1.82) is 0 Å². The molecule has 2 unspecified atom stereocenters. The zero-order valence-electron chi connectivity index (χ0n) is 12.4. The summed E-state index contributed by atoms with van der Waals surface area (Å²) in [4.78, 5) is 14.5. The fourth-order valence-electron chi connectivity index (χ4n) is 2.86. The molecule has 0 radical (unpaired) electrons. The van der Waals surface area contributed by atoms with Crippen LogP contribution in [0, 0.1) is 5.92 Å². The smallest absolute Gasteiger partial charge is 0.229 e. The Labute approximate surface area is 121 Å². The number of nitrogens with one attached hydrogen (secondary N) is 1. The maximum atomic E-state index is 12.5. The second-order valence-electron chi connectivity index (χ2n) is 5.81. The van der Waals surface area contributed by atoms with E-state index in [0.29, 0.717) is 0 Å². The third-order valence-corrected chi connectivity index (χ3v) is 4.05. The summed E-state index contributed by atoms with van der Waals surface area (Å²) >= 11 is 0. The van der Waals surface area contributed by atoms with Crippen molar-refractivity contribution in [2.75, 3.05) is 24.3 Å². The van der Waals surface area contributed by atoms with Gasteiger partial charge in [-0.15, -0.1) is 0 Å². The summed E-state index contributed by atoms with van der Waals surface area (Å²) < 4.78 is 0. The van der Waals surface area contributed by atoms with E-state index in [9.17, 15) is 4.79 Å². The molecule has 3 N–H and O–H groups in total. The molecule has 1 amide bonds. The Balaban J connectivity index is 2.11. The van der Waals surface area contributed by atoms with Gasteiger partial charge >= 0.3 is 0 Å². The zero-order valence-corrected chi connectivity index (χ0v) is 12.4. The zero-order chi connectivity index (χ0) is 14.5. The van der Waals surface area contributed by atoms with Gasteiger partial charge in [-0.05, 0) is 25.0 Å². The molecule has 0 aliphatic heterocycles. The number of anilines is 2. The van der Waals surface area contributed by atoms with Crippen molar-refractivity contribution in [3.05, 3.63) is 24.3 Å². The second-order valence-corrected chi connectivity index (χ2v) is 5.81. The first-order chi connectivity index (χ1) is 9.59. The number of hydrogen-bond acceptors (Lipinski definition) is 3. The van der Waals surface area contributed by atoms with E-state index in [1.807, 2.05) is 43.3 Å². The SMILES string of the molecule is CN(C)c1ccccc1NC(=O)C1CCCCCC1N. The molecule has 4 heteroatoms. The van der Waals surface area contributed by atoms with Crippen LogP contribution in [0.3, 0.4) is 0 Å².